The summed E-state index contributed by atoms with van der Waals surface area (Å²) in [4.78, 5) is 11.2. The number of rotatable bonds is 3. The normalized spacial score (nSPS) is 18.9. The van der Waals surface area contributed by atoms with Crippen molar-refractivity contribution in [3.63, 3.8) is 0 Å². The Hall–Kier alpha value is -1.35. The zero-order valence-corrected chi connectivity index (χ0v) is 9.53. The van der Waals surface area contributed by atoms with E-state index in [0.29, 0.717) is 13.0 Å². The molecule has 0 radical (unpaired) electrons. The van der Waals surface area contributed by atoms with Crippen molar-refractivity contribution in [1.82, 2.24) is 5.32 Å². The highest BCUT2D eigenvalue weighted by atomic mass is 16.5. The first kappa shape index (κ1) is 11.1. The quantitative estimate of drug-likeness (QED) is 0.842. The van der Waals surface area contributed by atoms with Crippen LogP contribution in [0.5, 0.6) is 0 Å². The molecular formula is C13H17NO2. The highest BCUT2D eigenvalue weighted by Gasteiger charge is 2.20. The van der Waals surface area contributed by atoms with Crippen molar-refractivity contribution in [2.75, 3.05) is 13.2 Å². The molecule has 0 fully saturated rings. The molecule has 1 aromatic carbocycles. The van der Waals surface area contributed by atoms with Crippen LogP contribution >= 0.6 is 0 Å². The summed E-state index contributed by atoms with van der Waals surface area (Å²) >= 11 is 0. The molecule has 0 aliphatic carbocycles. The lowest BCUT2D eigenvalue weighted by Gasteiger charge is -2.26. The first-order chi connectivity index (χ1) is 7.81. The van der Waals surface area contributed by atoms with Crippen molar-refractivity contribution in [2.24, 2.45) is 0 Å². The molecule has 0 aromatic heterocycles. The topological polar surface area (TPSA) is 38.3 Å². The third kappa shape index (κ3) is 2.42. The minimum Gasteiger partial charge on any atom is -0.371 e. The summed E-state index contributed by atoms with van der Waals surface area (Å²) in [6.07, 6.45) is 1.50. The Morgan fingerprint density at radius 1 is 1.50 bits per heavy atom. The fourth-order valence-corrected chi connectivity index (χ4v) is 1.98. The van der Waals surface area contributed by atoms with Gasteiger partial charge in [-0.15, -0.1) is 0 Å². The van der Waals surface area contributed by atoms with Crippen molar-refractivity contribution in [3.05, 3.63) is 35.4 Å². The summed E-state index contributed by atoms with van der Waals surface area (Å²) < 4.78 is 5.68. The molecule has 1 unspecified atom stereocenters. The van der Waals surface area contributed by atoms with Gasteiger partial charge in [0.15, 0.2) is 0 Å². The summed E-state index contributed by atoms with van der Waals surface area (Å²) in [6, 6.07) is 8.28. The number of ether oxygens (including phenoxy) is 1. The average Bonchev–Trinajstić information content (AvgIpc) is 2.35. The van der Waals surface area contributed by atoms with Crippen LogP contribution in [0.25, 0.3) is 0 Å². The fourth-order valence-electron chi connectivity index (χ4n) is 1.98. The van der Waals surface area contributed by atoms with Crippen molar-refractivity contribution >= 4 is 5.91 Å². The predicted octanol–water partition coefficient (Wildman–Crippen LogP) is 1.83. The molecule has 1 atom stereocenters. The number of hydrogen-bond donors (Lipinski definition) is 1. The summed E-state index contributed by atoms with van der Waals surface area (Å²) in [5.74, 6) is 0.0756. The maximum atomic E-state index is 11.2. The molecule has 0 saturated carbocycles. The average molecular weight is 219 g/mol. The summed E-state index contributed by atoms with van der Waals surface area (Å²) in [5.41, 5.74) is 2.55. The van der Waals surface area contributed by atoms with E-state index in [0.717, 1.165) is 13.0 Å². The highest BCUT2D eigenvalue weighted by Crippen LogP contribution is 2.26. The van der Waals surface area contributed by atoms with Gasteiger partial charge in [-0.3, -0.25) is 4.79 Å². The molecule has 0 spiro atoms. The largest absolute Gasteiger partial charge is 0.371 e. The minimum atomic E-state index is 0.0143. The van der Waals surface area contributed by atoms with Gasteiger partial charge < -0.3 is 10.1 Å². The van der Waals surface area contributed by atoms with Crippen LogP contribution in [0.1, 0.15) is 30.6 Å². The summed E-state index contributed by atoms with van der Waals surface area (Å²) in [5, 5.41) is 2.88. The van der Waals surface area contributed by atoms with Crippen LogP contribution in [0.2, 0.25) is 0 Å². The van der Waals surface area contributed by atoms with E-state index in [1.807, 2.05) is 19.1 Å². The lowest BCUT2D eigenvalue weighted by molar-refractivity contribution is -0.121. The van der Waals surface area contributed by atoms with E-state index < -0.39 is 0 Å². The second-order valence-corrected chi connectivity index (χ2v) is 3.97. The number of hydrogen-bond acceptors (Lipinski definition) is 2. The Balaban J connectivity index is 2.04. The van der Waals surface area contributed by atoms with E-state index in [1.165, 1.54) is 11.1 Å². The Morgan fingerprint density at radius 2 is 2.31 bits per heavy atom. The second kappa shape index (κ2) is 5.12. The van der Waals surface area contributed by atoms with Crippen molar-refractivity contribution in [3.8, 4) is 0 Å². The molecular weight excluding hydrogens is 202 g/mol. The molecule has 1 aliphatic heterocycles. The number of carbonyl (C=O) groups excluding carboxylic acids is 1. The lowest BCUT2D eigenvalue weighted by atomic mass is 9.97. The molecule has 1 N–H and O–H groups in total. The van der Waals surface area contributed by atoms with Gasteiger partial charge in [0.2, 0.25) is 5.91 Å². The van der Waals surface area contributed by atoms with Gasteiger partial charge in [0.25, 0.3) is 0 Å². The number of nitrogens with one attached hydrogen (secondary N) is 1. The number of amides is 1. The fraction of sp³-hybridized carbons (Fsp3) is 0.462. The second-order valence-electron chi connectivity index (χ2n) is 3.97. The number of carbonyl (C=O) groups is 1. The molecule has 16 heavy (non-hydrogen) atoms. The monoisotopic (exact) mass is 219 g/mol. The Kier molecular flexibility index (Phi) is 3.57. The van der Waals surface area contributed by atoms with Crippen molar-refractivity contribution in [1.29, 1.82) is 0 Å². The van der Waals surface area contributed by atoms with Gasteiger partial charge in [-0.25, -0.2) is 0 Å². The number of fused-ring (bicyclic) bond motifs is 1. The summed E-state index contributed by atoms with van der Waals surface area (Å²) in [7, 11) is 0. The first-order valence-corrected chi connectivity index (χ1v) is 5.77. The molecule has 1 aliphatic rings. The lowest BCUT2D eigenvalue weighted by Crippen LogP contribution is -2.31. The molecule has 0 bridgehead atoms. The van der Waals surface area contributed by atoms with E-state index in [4.69, 9.17) is 4.74 Å². The molecule has 86 valence electrons. The standard InChI is InChI=1S/C13H17NO2/c1-2-13(15)14-9-12-11-6-4-3-5-10(11)7-8-16-12/h3-6,12H,2,7-9H2,1H3,(H,14,15). The van der Waals surface area contributed by atoms with E-state index in [2.05, 4.69) is 17.4 Å². The zero-order chi connectivity index (χ0) is 11.4. The van der Waals surface area contributed by atoms with E-state index in [1.54, 1.807) is 0 Å². The molecule has 3 nitrogen and oxygen atoms in total. The van der Waals surface area contributed by atoms with Crippen LogP contribution in [0, 0.1) is 0 Å². The maximum absolute atomic E-state index is 11.2. The van der Waals surface area contributed by atoms with Gasteiger partial charge in [0.1, 0.15) is 6.10 Å². The number of benzene rings is 1. The maximum Gasteiger partial charge on any atom is 0.219 e. The molecule has 0 saturated heterocycles. The van der Waals surface area contributed by atoms with E-state index >= 15 is 0 Å². The van der Waals surface area contributed by atoms with Gasteiger partial charge in [-0.05, 0) is 17.5 Å². The van der Waals surface area contributed by atoms with Crippen LogP contribution < -0.4 is 5.32 Å². The van der Waals surface area contributed by atoms with Crippen LogP contribution in [0.15, 0.2) is 24.3 Å². The Bertz CT molecular complexity index is 376. The van der Waals surface area contributed by atoms with Gasteiger partial charge in [-0.2, -0.15) is 0 Å². The minimum absolute atomic E-state index is 0.0143. The van der Waals surface area contributed by atoms with E-state index in [9.17, 15) is 4.79 Å². The predicted molar refractivity (Wildman–Crippen MR) is 62.1 cm³/mol. The van der Waals surface area contributed by atoms with E-state index in [-0.39, 0.29) is 12.0 Å². The summed E-state index contributed by atoms with van der Waals surface area (Å²) in [6.45, 7) is 3.17. The SMILES string of the molecule is CCC(=O)NCC1OCCc2ccccc21. The van der Waals surface area contributed by atoms with Crippen LogP contribution in [-0.4, -0.2) is 19.1 Å². The zero-order valence-electron chi connectivity index (χ0n) is 9.53. The van der Waals surface area contributed by atoms with Crippen LogP contribution in [0.4, 0.5) is 0 Å². The van der Waals surface area contributed by atoms with Crippen LogP contribution in [-0.2, 0) is 16.0 Å². The third-order valence-corrected chi connectivity index (χ3v) is 2.90. The molecule has 2 rings (SSSR count). The first-order valence-electron chi connectivity index (χ1n) is 5.77. The van der Waals surface area contributed by atoms with Crippen molar-refractivity contribution in [2.45, 2.75) is 25.9 Å². The van der Waals surface area contributed by atoms with Crippen molar-refractivity contribution < 1.29 is 9.53 Å². The van der Waals surface area contributed by atoms with Gasteiger partial charge in [-0.1, -0.05) is 31.2 Å². The highest BCUT2D eigenvalue weighted by molar-refractivity contribution is 5.75. The Morgan fingerprint density at radius 3 is 3.12 bits per heavy atom. The van der Waals surface area contributed by atoms with Gasteiger partial charge in [0, 0.05) is 13.0 Å². The molecule has 1 amide bonds. The molecule has 1 aromatic rings. The third-order valence-electron chi connectivity index (χ3n) is 2.90. The van der Waals surface area contributed by atoms with Gasteiger partial charge in [0.05, 0.1) is 6.61 Å². The van der Waals surface area contributed by atoms with Gasteiger partial charge >= 0.3 is 0 Å². The molecule has 1 heterocycles. The smallest absolute Gasteiger partial charge is 0.219 e. The Labute approximate surface area is 95.8 Å². The van der Waals surface area contributed by atoms with Crippen LogP contribution in [0.3, 0.4) is 0 Å². The molecule has 3 heteroatoms.